The molecule has 0 aromatic carbocycles. The number of halogens is 1. The molecule has 0 unspecified atom stereocenters. The second-order valence-electron chi connectivity index (χ2n) is 3.57. The molecule has 5 heteroatoms. The highest BCUT2D eigenvalue weighted by Crippen LogP contribution is 2.24. The highest BCUT2D eigenvalue weighted by atomic mass is 19.1. The Kier molecular flexibility index (Phi) is 2.73. The van der Waals surface area contributed by atoms with Gasteiger partial charge < -0.3 is 15.4 Å². The lowest BCUT2D eigenvalue weighted by Crippen LogP contribution is -2.37. The fraction of sp³-hybridized carbons (Fsp3) is 0.500. The Morgan fingerprint density at radius 1 is 1.47 bits per heavy atom. The second kappa shape index (κ2) is 4.02. The van der Waals surface area contributed by atoms with Crippen LogP contribution in [0.15, 0.2) is 6.20 Å². The van der Waals surface area contributed by atoms with Gasteiger partial charge in [0.15, 0.2) is 5.82 Å². The van der Waals surface area contributed by atoms with Crippen LogP contribution in [0.1, 0.15) is 5.56 Å². The number of aromatic nitrogens is 1. The number of nitrogen functional groups attached to an aromatic ring is 1. The third kappa shape index (κ3) is 1.87. The Morgan fingerprint density at radius 2 is 2.13 bits per heavy atom. The number of ether oxygens (including phenoxy) is 1. The van der Waals surface area contributed by atoms with Gasteiger partial charge in [0, 0.05) is 18.7 Å². The topological polar surface area (TPSA) is 51.4 Å². The van der Waals surface area contributed by atoms with Crippen LogP contribution in [0, 0.1) is 12.7 Å². The van der Waals surface area contributed by atoms with Crippen molar-refractivity contribution in [2.24, 2.45) is 0 Å². The molecule has 82 valence electrons. The molecule has 2 rings (SSSR count). The summed E-state index contributed by atoms with van der Waals surface area (Å²) in [5, 5.41) is 0. The van der Waals surface area contributed by atoms with Crippen molar-refractivity contribution < 1.29 is 9.13 Å². The Labute approximate surface area is 87.8 Å². The Bertz CT molecular complexity index is 364. The molecule has 0 bridgehead atoms. The average molecular weight is 211 g/mol. The maximum atomic E-state index is 13.1. The molecule has 15 heavy (non-hydrogen) atoms. The van der Waals surface area contributed by atoms with Gasteiger partial charge in [-0.15, -0.1) is 0 Å². The lowest BCUT2D eigenvalue weighted by molar-refractivity contribution is 0.122. The van der Waals surface area contributed by atoms with E-state index in [2.05, 4.69) is 9.88 Å². The van der Waals surface area contributed by atoms with Crippen molar-refractivity contribution in [3.05, 3.63) is 17.6 Å². The maximum Gasteiger partial charge on any atom is 0.164 e. The SMILES string of the molecule is Cc1c(N2CCOCC2)ncc(F)c1N. The molecule has 1 aromatic rings. The zero-order chi connectivity index (χ0) is 10.8. The van der Waals surface area contributed by atoms with Crippen LogP contribution in [0.25, 0.3) is 0 Å². The molecular weight excluding hydrogens is 197 g/mol. The summed E-state index contributed by atoms with van der Waals surface area (Å²) < 4.78 is 18.3. The van der Waals surface area contributed by atoms with E-state index >= 15 is 0 Å². The van der Waals surface area contributed by atoms with Crippen molar-refractivity contribution in [1.29, 1.82) is 0 Å². The van der Waals surface area contributed by atoms with Crippen molar-refractivity contribution in [3.8, 4) is 0 Å². The molecule has 0 saturated carbocycles. The van der Waals surface area contributed by atoms with E-state index in [1.807, 2.05) is 0 Å². The van der Waals surface area contributed by atoms with Crippen LogP contribution in [0.2, 0.25) is 0 Å². The number of nitrogens with two attached hydrogens (primary N) is 1. The predicted molar refractivity (Wildman–Crippen MR) is 56.4 cm³/mol. The summed E-state index contributed by atoms with van der Waals surface area (Å²) in [5.41, 5.74) is 6.51. The second-order valence-corrected chi connectivity index (χ2v) is 3.57. The molecule has 0 aliphatic carbocycles. The monoisotopic (exact) mass is 211 g/mol. The van der Waals surface area contributed by atoms with Gasteiger partial charge >= 0.3 is 0 Å². The standard InChI is InChI=1S/C10H14FN3O/c1-7-9(12)8(11)6-13-10(7)14-2-4-15-5-3-14/h6H,2-5H2,1H3,(H2,12,13). The molecule has 0 spiro atoms. The molecule has 0 amide bonds. The molecular formula is C10H14FN3O. The van der Waals surface area contributed by atoms with E-state index in [9.17, 15) is 4.39 Å². The largest absolute Gasteiger partial charge is 0.396 e. The van der Waals surface area contributed by atoms with Crippen molar-refractivity contribution in [1.82, 2.24) is 4.98 Å². The van der Waals surface area contributed by atoms with Crippen molar-refractivity contribution >= 4 is 11.5 Å². The zero-order valence-corrected chi connectivity index (χ0v) is 8.66. The Morgan fingerprint density at radius 3 is 2.80 bits per heavy atom. The van der Waals surface area contributed by atoms with Gasteiger partial charge in [0.2, 0.25) is 0 Å². The minimum Gasteiger partial charge on any atom is -0.396 e. The number of nitrogens with zero attached hydrogens (tertiary/aromatic N) is 2. The van der Waals surface area contributed by atoms with Crippen LogP contribution in [0.4, 0.5) is 15.9 Å². The molecule has 0 atom stereocenters. The van der Waals surface area contributed by atoms with Gasteiger partial charge in [-0.3, -0.25) is 0 Å². The first-order valence-electron chi connectivity index (χ1n) is 4.93. The minimum absolute atomic E-state index is 0.187. The predicted octanol–water partition coefficient (Wildman–Crippen LogP) is 0.948. The number of pyridine rings is 1. The smallest absolute Gasteiger partial charge is 0.164 e. The number of hydrogen-bond donors (Lipinski definition) is 1. The quantitative estimate of drug-likeness (QED) is 0.751. The lowest BCUT2D eigenvalue weighted by atomic mass is 10.2. The summed E-state index contributed by atoms with van der Waals surface area (Å²) in [6.07, 6.45) is 1.17. The summed E-state index contributed by atoms with van der Waals surface area (Å²) in [6, 6.07) is 0. The molecule has 0 radical (unpaired) electrons. The first-order valence-corrected chi connectivity index (χ1v) is 4.93. The number of anilines is 2. The third-order valence-electron chi connectivity index (χ3n) is 2.61. The van der Waals surface area contributed by atoms with Crippen LogP contribution >= 0.6 is 0 Å². The summed E-state index contributed by atoms with van der Waals surface area (Å²) in [4.78, 5) is 6.14. The molecule has 1 aliphatic heterocycles. The average Bonchev–Trinajstić information content (AvgIpc) is 2.27. The normalized spacial score (nSPS) is 16.8. The van der Waals surface area contributed by atoms with Crippen LogP contribution in [-0.2, 0) is 4.74 Å². The van der Waals surface area contributed by atoms with Gasteiger partial charge in [-0.2, -0.15) is 0 Å². The number of rotatable bonds is 1. The van der Waals surface area contributed by atoms with E-state index in [1.54, 1.807) is 6.92 Å². The fourth-order valence-electron chi connectivity index (χ4n) is 1.68. The number of hydrogen-bond acceptors (Lipinski definition) is 4. The summed E-state index contributed by atoms with van der Waals surface area (Å²) >= 11 is 0. The molecule has 1 aliphatic rings. The summed E-state index contributed by atoms with van der Waals surface area (Å²) in [6.45, 7) is 4.70. The molecule has 2 N–H and O–H groups in total. The molecule has 1 aromatic heterocycles. The highest BCUT2D eigenvalue weighted by Gasteiger charge is 2.17. The van der Waals surface area contributed by atoms with Gasteiger partial charge in [-0.1, -0.05) is 0 Å². The van der Waals surface area contributed by atoms with Crippen LogP contribution < -0.4 is 10.6 Å². The van der Waals surface area contributed by atoms with Gasteiger partial charge in [0.1, 0.15) is 5.82 Å². The van der Waals surface area contributed by atoms with E-state index < -0.39 is 5.82 Å². The van der Waals surface area contributed by atoms with E-state index in [0.717, 1.165) is 18.9 Å². The van der Waals surface area contributed by atoms with Crippen LogP contribution in [-0.4, -0.2) is 31.3 Å². The van der Waals surface area contributed by atoms with E-state index in [-0.39, 0.29) is 5.69 Å². The minimum atomic E-state index is -0.454. The van der Waals surface area contributed by atoms with Gasteiger partial charge in [0.05, 0.1) is 25.1 Å². The Hall–Kier alpha value is -1.36. The molecule has 2 heterocycles. The van der Waals surface area contributed by atoms with Crippen molar-refractivity contribution in [2.75, 3.05) is 36.9 Å². The summed E-state index contributed by atoms with van der Waals surface area (Å²) in [7, 11) is 0. The van der Waals surface area contributed by atoms with Crippen LogP contribution in [0.3, 0.4) is 0 Å². The maximum absolute atomic E-state index is 13.1. The lowest BCUT2D eigenvalue weighted by Gasteiger charge is -2.29. The Balaban J connectivity index is 2.31. The summed E-state index contributed by atoms with van der Waals surface area (Å²) in [5.74, 6) is 0.307. The van der Waals surface area contributed by atoms with Gasteiger partial charge in [-0.25, -0.2) is 9.37 Å². The molecule has 1 saturated heterocycles. The zero-order valence-electron chi connectivity index (χ0n) is 8.66. The number of morpholine rings is 1. The van der Waals surface area contributed by atoms with E-state index in [4.69, 9.17) is 10.5 Å². The van der Waals surface area contributed by atoms with Gasteiger partial charge in [0.25, 0.3) is 0 Å². The molecule has 1 fully saturated rings. The fourth-order valence-corrected chi connectivity index (χ4v) is 1.68. The van der Waals surface area contributed by atoms with E-state index in [0.29, 0.717) is 18.8 Å². The highest BCUT2D eigenvalue weighted by molar-refractivity contribution is 5.60. The molecule has 4 nitrogen and oxygen atoms in total. The van der Waals surface area contributed by atoms with Gasteiger partial charge in [-0.05, 0) is 6.92 Å². The van der Waals surface area contributed by atoms with Crippen molar-refractivity contribution in [3.63, 3.8) is 0 Å². The van der Waals surface area contributed by atoms with E-state index in [1.165, 1.54) is 6.20 Å². The van der Waals surface area contributed by atoms with Crippen molar-refractivity contribution in [2.45, 2.75) is 6.92 Å². The first-order chi connectivity index (χ1) is 7.20. The first kappa shape index (κ1) is 10.2. The van der Waals surface area contributed by atoms with Crippen LogP contribution in [0.5, 0.6) is 0 Å². The third-order valence-corrected chi connectivity index (χ3v) is 2.61.